The molecule has 6 nitrogen and oxygen atoms in total. The Labute approximate surface area is 108 Å². The number of carbonyl (C=O) groups excluding carboxylic acids is 1. The normalized spacial score (nSPS) is 16.5. The highest BCUT2D eigenvalue weighted by Gasteiger charge is 2.35. The molecule has 0 spiro atoms. The van der Waals surface area contributed by atoms with Crippen LogP contribution in [0.15, 0.2) is 18.2 Å². The number of benzene rings is 1. The summed E-state index contributed by atoms with van der Waals surface area (Å²) >= 11 is 0. The summed E-state index contributed by atoms with van der Waals surface area (Å²) in [6, 6.07) is 2.93. The molecule has 0 saturated heterocycles. The number of hydrogen-bond donors (Lipinski definition) is 2. The zero-order valence-electron chi connectivity index (χ0n) is 10.2. The fourth-order valence-corrected chi connectivity index (χ4v) is 2.09. The Morgan fingerprint density at radius 2 is 2.21 bits per heavy atom. The van der Waals surface area contributed by atoms with Gasteiger partial charge in [0.15, 0.2) is 0 Å². The van der Waals surface area contributed by atoms with Gasteiger partial charge in [0.1, 0.15) is 11.5 Å². The van der Waals surface area contributed by atoms with Crippen molar-refractivity contribution in [1.29, 1.82) is 0 Å². The standard InChI is InChI=1S/C12H14FN3O3/c13-8-2-3-10(16(18)19)9(6-8)15-11(17)7-12(14)4-1-5-12/h2-3,6H,1,4-5,7,14H2,(H,15,17). The summed E-state index contributed by atoms with van der Waals surface area (Å²) < 4.78 is 13.1. The van der Waals surface area contributed by atoms with Crippen LogP contribution in [0, 0.1) is 15.9 Å². The average molecular weight is 267 g/mol. The number of carbonyl (C=O) groups is 1. The lowest BCUT2D eigenvalue weighted by Crippen LogP contribution is -2.48. The van der Waals surface area contributed by atoms with Crippen LogP contribution in [0.5, 0.6) is 0 Å². The molecule has 1 aliphatic rings. The van der Waals surface area contributed by atoms with E-state index in [9.17, 15) is 19.3 Å². The number of anilines is 1. The van der Waals surface area contributed by atoms with E-state index in [2.05, 4.69) is 5.32 Å². The number of rotatable bonds is 4. The second-order valence-electron chi connectivity index (χ2n) is 4.86. The number of hydrogen-bond acceptors (Lipinski definition) is 4. The molecule has 0 unspecified atom stereocenters. The molecule has 1 aromatic rings. The Kier molecular flexibility index (Phi) is 3.48. The first-order valence-electron chi connectivity index (χ1n) is 5.92. The molecular weight excluding hydrogens is 253 g/mol. The van der Waals surface area contributed by atoms with Gasteiger partial charge in [0, 0.05) is 24.1 Å². The van der Waals surface area contributed by atoms with E-state index < -0.39 is 22.2 Å². The number of nitro benzene ring substituents is 1. The van der Waals surface area contributed by atoms with Crippen molar-refractivity contribution in [3.63, 3.8) is 0 Å². The number of nitrogens with zero attached hydrogens (tertiary/aromatic N) is 1. The maximum Gasteiger partial charge on any atom is 0.292 e. The van der Waals surface area contributed by atoms with Crippen LogP contribution in [0.25, 0.3) is 0 Å². The molecule has 1 aliphatic carbocycles. The minimum atomic E-state index is -0.670. The van der Waals surface area contributed by atoms with E-state index in [4.69, 9.17) is 5.73 Å². The molecule has 0 aromatic heterocycles. The first-order chi connectivity index (χ1) is 8.89. The second kappa shape index (κ2) is 4.93. The lowest BCUT2D eigenvalue weighted by Gasteiger charge is -2.37. The molecule has 0 aliphatic heterocycles. The fourth-order valence-electron chi connectivity index (χ4n) is 2.09. The quantitative estimate of drug-likeness (QED) is 0.643. The third-order valence-electron chi connectivity index (χ3n) is 3.29. The third kappa shape index (κ3) is 3.05. The highest BCUT2D eigenvalue weighted by atomic mass is 19.1. The van der Waals surface area contributed by atoms with Crippen molar-refractivity contribution in [2.45, 2.75) is 31.2 Å². The zero-order chi connectivity index (χ0) is 14.0. The zero-order valence-corrected chi connectivity index (χ0v) is 10.2. The Bertz CT molecular complexity index is 529. The van der Waals surface area contributed by atoms with Crippen molar-refractivity contribution in [2.75, 3.05) is 5.32 Å². The highest BCUT2D eigenvalue weighted by molar-refractivity contribution is 5.93. The van der Waals surface area contributed by atoms with Crippen LogP contribution >= 0.6 is 0 Å². The van der Waals surface area contributed by atoms with Crippen molar-refractivity contribution in [1.82, 2.24) is 0 Å². The first-order valence-corrected chi connectivity index (χ1v) is 5.92. The molecule has 0 heterocycles. The summed E-state index contributed by atoms with van der Waals surface area (Å²) in [6.07, 6.45) is 2.57. The van der Waals surface area contributed by atoms with Gasteiger partial charge in [-0.1, -0.05) is 0 Å². The lowest BCUT2D eigenvalue weighted by molar-refractivity contribution is -0.384. The van der Waals surface area contributed by atoms with Gasteiger partial charge in [-0.2, -0.15) is 0 Å². The third-order valence-corrected chi connectivity index (χ3v) is 3.29. The van der Waals surface area contributed by atoms with Crippen molar-refractivity contribution < 1.29 is 14.1 Å². The van der Waals surface area contributed by atoms with Gasteiger partial charge in [-0.3, -0.25) is 14.9 Å². The van der Waals surface area contributed by atoms with Crippen molar-refractivity contribution in [2.24, 2.45) is 5.73 Å². The summed E-state index contributed by atoms with van der Waals surface area (Å²) in [4.78, 5) is 21.9. The molecule has 0 bridgehead atoms. The molecule has 3 N–H and O–H groups in total. The van der Waals surface area contributed by atoms with E-state index in [1.165, 1.54) is 0 Å². The van der Waals surface area contributed by atoms with Crippen molar-refractivity contribution in [3.05, 3.63) is 34.1 Å². The Balaban J connectivity index is 2.11. The SMILES string of the molecule is NC1(CC(=O)Nc2cc(F)ccc2[N+](=O)[O-])CCC1. The topological polar surface area (TPSA) is 98.3 Å². The van der Waals surface area contributed by atoms with Gasteiger partial charge >= 0.3 is 0 Å². The van der Waals surface area contributed by atoms with Gasteiger partial charge in [0.25, 0.3) is 5.69 Å². The number of nitrogens with one attached hydrogen (secondary N) is 1. The van der Waals surface area contributed by atoms with Gasteiger partial charge in [0.05, 0.1) is 4.92 Å². The van der Waals surface area contributed by atoms with Gasteiger partial charge in [-0.05, 0) is 25.3 Å². The monoisotopic (exact) mass is 267 g/mol. The number of nitro groups is 1. The molecule has 2 rings (SSSR count). The van der Waals surface area contributed by atoms with Crippen LogP contribution in [0.3, 0.4) is 0 Å². The smallest absolute Gasteiger partial charge is 0.292 e. The maximum atomic E-state index is 13.1. The lowest BCUT2D eigenvalue weighted by atomic mass is 9.75. The van der Waals surface area contributed by atoms with Crippen LogP contribution in [0.2, 0.25) is 0 Å². The number of halogens is 1. The van der Waals surface area contributed by atoms with E-state index in [0.717, 1.165) is 37.5 Å². The summed E-state index contributed by atoms with van der Waals surface area (Å²) in [5, 5.41) is 13.1. The molecule has 102 valence electrons. The molecule has 7 heteroatoms. The van der Waals surface area contributed by atoms with Crippen LogP contribution in [-0.2, 0) is 4.79 Å². The summed E-state index contributed by atoms with van der Waals surface area (Å²) in [7, 11) is 0. The highest BCUT2D eigenvalue weighted by Crippen LogP contribution is 2.33. The van der Waals surface area contributed by atoms with Gasteiger partial charge in [0.2, 0.25) is 5.91 Å². The van der Waals surface area contributed by atoms with Gasteiger partial charge < -0.3 is 11.1 Å². The van der Waals surface area contributed by atoms with E-state index in [1.807, 2.05) is 0 Å². The average Bonchev–Trinajstić information content (AvgIpc) is 2.26. The fraction of sp³-hybridized carbons (Fsp3) is 0.417. The van der Waals surface area contributed by atoms with Crippen LogP contribution in [0.4, 0.5) is 15.8 Å². The first kappa shape index (κ1) is 13.4. The Morgan fingerprint density at radius 1 is 1.53 bits per heavy atom. The van der Waals surface area contributed by atoms with E-state index >= 15 is 0 Å². The van der Waals surface area contributed by atoms with Gasteiger partial charge in [-0.15, -0.1) is 0 Å². The molecular formula is C12H14FN3O3. The summed E-state index contributed by atoms with van der Waals surface area (Å²) in [5.41, 5.74) is 4.92. The molecule has 19 heavy (non-hydrogen) atoms. The Morgan fingerprint density at radius 3 is 2.74 bits per heavy atom. The largest absolute Gasteiger partial charge is 0.325 e. The van der Waals surface area contributed by atoms with Crippen LogP contribution in [0.1, 0.15) is 25.7 Å². The molecule has 0 radical (unpaired) electrons. The van der Waals surface area contributed by atoms with Crippen LogP contribution in [-0.4, -0.2) is 16.4 Å². The minimum Gasteiger partial charge on any atom is -0.325 e. The number of nitrogens with two attached hydrogens (primary N) is 1. The van der Waals surface area contributed by atoms with E-state index in [1.54, 1.807) is 0 Å². The molecule has 1 fully saturated rings. The van der Waals surface area contributed by atoms with Crippen molar-refractivity contribution >= 4 is 17.3 Å². The van der Waals surface area contributed by atoms with Crippen LogP contribution < -0.4 is 11.1 Å². The summed E-state index contributed by atoms with van der Waals surface area (Å²) in [5.74, 6) is -1.08. The molecule has 1 aromatic carbocycles. The van der Waals surface area contributed by atoms with E-state index in [-0.39, 0.29) is 17.8 Å². The molecule has 0 atom stereocenters. The summed E-state index contributed by atoms with van der Waals surface area (Å²) in [6.45, 7) is 0. The minimum absolute atomic E-state index is 0.0840. The Hall–Kier alpha value is -2.02. The molecule has 1 amide bonds. The maximum absolute atomic E-state index is 13.1. The predicted molar refractivity (Wildman–Crippen MR) is 67.1 cm³/mol. The number of amides is 1. The molecule has 1 saturated carbocycles. The second-order valence-corrected chi connectivity index (χ2v) is 4.86. The predicted octanol–water partition coefficient (Wildman–Crippen LogP) is 1.94. The van der Waals surface area contributed by atoms with Crippen molar-refractivity contribution in [3.8, 4) is 0 Å². The van der Waals surface area contributed by atoms with Gasteiger partial charge in [-0.25, -0.2) is 4.39 Å². The van der Waals surface area contributed by atoms with E-state index in [0.29, 0.717) is 0 Å².